The average molecular weight is 419 g/mol. The molecule has 0 radical (unpaired) electrons. The molecule has 0 saturated heterocycles. The number of amides is 1. The second kappa shape index (κ2) is 8.41. The monoisotopic (exact) mass is 418 g/mol. The van der Waals surface area contributed by atoms with Crippen LogP contribution in [0, 0.1) is 5.82 Å². The van der Waals surface area contributed by atoms with Gasteiger partial charge in [-0.05, 0) is 54.6 Å². The van der Waals surface area contributed by atoms with Crippen LogP contribution in [0.5, 0.6) is 0 Å². The van der Waals surface area contributed by atoms with Crippen LogP contribution in [-0.4, -0.2) is 14.3 Å². The normalized spacial score (nSPS) is 11.1. The van der Waals surface area contributed by atoms with Crippen molar-refractivity contribution >= 4 is 33.2 Å². The lowest BCUT2D eigenvalue weighted by molar-refractivity contribution is 0.0950. The number of halogens is 2. The minimum absolute atomic E-state index is 0.00750. The zero-order chi connectivity index (χ0) is 20.1. The van der Waals surface area contributed by atoms with Crippen LogP contribution in [0.4, 0.5) is 10.1 Å². The molecule has 3 aromatic carbocycles. The van der Waals surface area contributed by atoms with Crippen molar-refractivity contribution in [3.63, 3.8) is 0 Å². The first-order valence-corrected chi connectivity index (χ1v) is 10.1. The molecule has 0 aliphatic carbocycles. The van der Waals surface area contributed by atoms with Gasteiger partial charge < -0.3 is 5.32 Å². The summed E-state index contributed by atoms with van der Waals surface area (Å²) in [4.78, 5) is 12.2. The molecule has 1 amide bonds. The highest BCUT2D eigenvalue weighted by Crippen LogP contribution is 2.19. The molecular formula is C20H16ClFN2O3S. The van der Waals surface area contributed by atoms with E-state index in [1.54, 1.807) is 42.5 Å². The lowest BCUT2D eigenvalue weighted by Crippen LogP contribution is -2.23. The summed E-state index contributed by atoms with van der Waals surface area (Å²) in [5.74, 6) is -0.838. The number of anilines is 1. The quantitative estimate of drug-likeness (QED) is 0.629. The zero-order valence-corrected chi connectivity index (χ0v) is 16.1. The van der Waals surface area contributed by atoms with Crippen molar-refractivity contribution in [2.24, 2.45) is 0 Å². The van der Waals surface area contributed by atoms with Gasteiger partial charge in [0, 0.05) is 28.4 Å². The van der Waals surface area contributed by atoms with E-state index in [9.17, 15) is 17.6 Å². The smallest absolute Gasteiger partial charge is 0.261 e. The SMILES string of the molecule is O=C(NCc1ccccc1F)c1ccc(S(=O)(=O)Nc2ccc(Cl)cc2)cc1. The fraction of sp³-hybridized carbons (Fsp3) is 0.0500. The number of benzene rings is 3. The minimum atomic E-state index is -3.80. The number of sulfonamides is 1. The molecule has 3 rings (SSSR count). The maximum absolute atomic E-state index is 13.6. The molecule has 2 N–H and O–H groups in total. The Hall–Kier alpha value is -2.90. The van der Waals surface area contributed by atoms with Gasteiger partial charge in [0.05, 0.1) is 4.90 Å². The number of hydrogen-bond donors (Lipinski definition) is 2. The van der Waals surface area contributed by atoms with Crippen LogP contribution in [0.2, 0.25) is 5.02 Å². The van der Waals surface area contributed by atoms with Crippen molar-refractivity contribution in [1.29, 1.82) is 0 Å². The fourth-order valence-electron chi connectivity index (χ4n) is 2.44. The second-order valence-corrected chi connectivity index (χ2v) is 8.03. The fourth-order valence-corrected chi connectivity index (χ4v) is 3.62. The summed E-state index contributed by atoms with van der Waals surface area (Å²) < 4.78 is 40.9. The Morgan fingerprint density at radius 1 is 0.929 bits per heavy atom. The van der Waals surface area contributed by atoms with Crippen LogP contribution >= 0.6 is 11.6 Å². The van der Waals surface area contributed by atoms with E-state index in [-0.39, 0.29) is 17.0 Å². The van der Waals surface area contributed by atoms with Crippen LogP contribution in [0.1, 0.15) is 15.9 Å². The highest BCUT2D eigenvalue weighted by molar-refractivity contribution is 7.92. The Morgan fingerprint density at radius 2 is 1.57 bits per heavy atom. The first-order chi connectivity index (χ1) is 13.3. The highest BCUT2D eigenvalue weighted by Gasteiger charge is 2.15. The molecule has 144 valence electrons. The lowest BCUT2D eigenvalue weighted by atomic mass is 10.2. The Morgan fingerprint density at radius 3 is 2.21 bits per heavy atom. The van der Waals surface area contributed by atoms with Crippen molar-refractivity contribution < 1.29 is 17.6 Å². The maximum atomic E-state index is 13.6. The standard InChI is InChI=1S/C20H16ClFN2O3S/c21-16-7-9-17(10-8-16)24-28(26,27)18-11-5-14(6-12-18)20(25)23-13-15-3-1-2-4-19(15)22/h1-12,24H,13H2,(H,23,25). The Kier molecular flexibility index (Phi) is 5.96. The Bertz CT molecular complexity index is 1090. The summed E-state index contributed by atoms with van der Waals surface area (Å²) in [6, 6.07) is 17.8. The number of rotatable bonds is 6. The van der Waals surface area contributed by atoms with E-state index in [1.807, 2.05) is 0 Å². The lowest BCUT2D eigenvalue weighted by Gasteiger charge is -2.09. The van der Waals surface area contributed by atoms with E-state index in [2.05, 4.69) is 10.0 Å². The summed E-state index contributed by atoms with van der Waals surface area (Å²) in [5, 5.41) is 3.10. The van der Waals surface area contributed by atoms with Crippen LogP contribution in [-0.2, 0) is 16.6 Å². The van der Waals surface area contributed by atoms with Gasteiger partial charge in [0.2, 0.25) is 0 Å². The molecule has 0 aliphatic heterocycles. The van der Waals surface area contributed by atoms with Gasteiger partial charge in [0.15, 0.2) is 0 Å². The molecule has 0 aliphatic rings. The Balaban J connectivity index is 1.67. The molecule has 0 atom stereocenters. The highest BCUT2D eigenvalue weighted by atomic mass is 35.5. The van der Waals surface area contributed by atoms with Gasteiger partial charge in [0.25, 0.3) is 15.9 Å². The third-order valence-electron chi connectivity index (χ3n) is 3.92. The largest absolute Gasteiger partial charge is 0.348 e. The number of hydrogen-bond acceptors (Lipinski definition) is 3. The van der Waals surface area contributed by atoms with Gasteiger partial charge in [-0.1, -0.05) is 29.8 Å². The number of carbonyl (C=O) groups excluding carboxylic acids is 1. The summed E-state index contributed by atoms with van der Waals surface area (Å²) >= 11 is 5.78. The number of carbonyl (C=O) groups is 1. The van der Waals surface area contributed by atoms with E-state index in [1.165, 1.54) is 30.3 Å². The predicted octanol–water partition coefficient (Wildman–Crippen LogP) is 4.21. The van der Waals surface area contributed by atoms with Crippen LogP contribution < -0.4 is 10.0 Å². The maximum Gasteiger partial charge on any atom is 0.261 e. The molecule has 0 heterocycles. The first kappa shape index (κ1) is 19.9. The van der Waals surface area contributed by atoms with Gasteiger partial charge >= 0.3 is 0 Å². The zero-order valence-electron chi connectivity index (χ0n) is 14.5. The van der Waals surface area contributed by atoms with Crippen molar-refractivity contribution in [2.75, 3.05) is 4.72 Å². The molecule has 0 fully saturated rings. The van der Waals surface area contributed by atoms with E-state index in [0.717, 1.165) is 0 Å². The predicted molar refractivity (Wildman–Crippen MR) is 106 cm³/mol. The number of nitrogens with one attached hydrogen (secondary N) is 2. The molecule has 3 aromatic rings. The van der Waals surface area contributed by atoms with Crippen molar-refractivity contribution in [3.05, 3.63) is 94.8 Å². The van der Waals surface area contributed by atoms with Crippen molar-refractivity contribution in [1.82, 2.24) is 5.32 Å². The van der Waals surface area contributed by atoms with Gasteiger partial charge in [-0.15, -0.1) is 0 Å². The summed E-state index contributed by atoms with van der Waals surface area (Å²) in [6.45, 7) is 0.0314. The molecule has 0 saturated carbocycles. The molecule has 8 heteroatoms. The van der Waals surface area contributed by atoms with E-state index >= 15 is 0 Å². The van der Waals surface area contributed by atoms with Gasteiger partial charge in [-0.25, -0.2) is 12.8 Å². The topological polar surface area (TPSA) is 75.3 Å². The van der Waals surface area contributed by atoms with Gasteiger partial charge in [-0.2, -0.15) is 0 Å². The molecular weight excluding hydrogens is 403 g/mol. The van der Waals surface area contributed by atoms with Crippen molar-refractivity contribution in [3.8, 4) is 0 Å². The van der Waals surface area contributed by atoms with Gasteiger partial charge in [-0.3, -0.25) is 9.52 Å². The summed E-state index contributed by atoms with van der Waals surface area (Å²) in [6.07, 6.45) is 0. The average Bonchev–Trinajstić information content (AvgIpc) is 2.69. The molecule has 28 heavy (non-hydrogen) atoms. The Labute approximate surface area is 167 Å². The second-order valence-electron chi connectivity index (χ2n) is 5.91. The van der Waals surface area contributed by atoms with E-state index in [4.69, 9.17) is 11.6 Å². The third-order valence-corrected chi connectivity index (χ3v) is 5.57. The third kappa shape index (κ3) is 4.88. The van der Waals surface area contributed by atoms with Crippen molar-refractivity contribution in [2.45, 2.75) is 11.4 Å². The molecule has 0 aromatic heterocycles. The van der Waals surface area contributed by atoms with Crippen LogP contribution in [0.3, 0.4) is 0 Å². The summed E-state index contributed by atoms with van der Waals surface area (Å²) in [5.41, 5.74) is 1.00. The minimum Gasteiger partial charge on any atom is -0.348 e. The van der Waals surface area contributed by atoms with Gasteiger partial charge in [0.1, 0.15) is 5.82 Å². The van der Waals surface area contributed by atoms with E-state index < -0.39 is 21.7 Å². The summed E-state index contributed by atoms with van der Waals surface area (Å²) in [7, 11) is -3.80. The molecule has 0 unspecified atom stereocenters. The van der Waals surface area contributed by atoms with Crippen LogP contribution in [0.25, 0.3) is 0 Å². The van der Waals surface area contributed by atoms with Crippen LogP contribution in [0.15, 0.2) is 77.7 Å². The first-order valence-electron chi connectivity index (χ1n) is 8.25. The molecule has 0 spiro atoms. The molecule has 0 bridgehead atoms. The molecule has 5 nitrogen and oxygen atoms in total. The van der Waals surface area contributed by atoms with E-state index in [0.29, 0.717) is 16.3 Å².